The molecule has 0 radical (unpaired) electrons. The fourth-order valence-electron chi connectivity index (χ4n) is 3.43. The molecule has 2 aromatic rings. The summed E-state index contributed by atoms with van der Waals surface area (Å²) in [6.07, 6.45) is 0.936. The minimum atomic E-state index is -0.0341. The Labute approximate surface area is 189 Å². The molecule has 0 spiro atoms. The van der Waals surface area contributed by atoms with Gasteiger partial charge in [-0.05, 0) is 49.2 Å². The Morgan fingerprint density at radius 2 is 1.73 bits per heavy atom. The molecule has 0 bridgehead atoms. The van der Waals surface area contributed by atoms with Gasteiger partial charge in [-0.2, -0.15) is 0 Å². The van der Waals surface area contributed by atoms with E-state index in [0.717, 1.165) is 18.5 Å². The Morgan fingerprint density at radius 3 is 2.33 bits per heavy atom. The smallest absolute Gasteiger partial charge is 0.254 e. The first kappa shape index (κ1) is 25.8. The summed E-state index contributed by atoms with van der Waals surface area (Å²) in [5, 5.41) is 0. The summed E-state index contributed by atoms with van der Waals surface area (Å²) < 4.78 is 16.9. The third-order valence-electron chi connectivity index (χ3n) is 5.05. The molecule has 2 aromatic carbocycles. The molecule has 1 saturated heterocycles. The van der Waals surface area contributed by atoms with Crippen LogP contribution in [0, 0.1) is 5.92 Å². The molecule has 30 heavy (non-hydrogen) atoms. The van der Waals surface area contributed by atoms with E-state index in [0.29, 0.717) is 47.6 Å². The van der Waals surface area contributed by atoms with E-state index in [2.05, 4.69) is 0 Å². The molecule has 7 nitrogen and oxygen atoms in total. The summed E-state index contributed by atoms with van der Waals surface area (Å²) >= 11 is 0. The van der Waals surface area contributed by atoms with Crippen molar-refractivity contribution in [3.63, 3.8) is 0 Å². The molecule has 1 fully saturated rings. The second-order valence-corrected chi connectivity index (χ2v) is 6.75. The van der Waals surface area contributed by atoms with E-state index < -0.39 is 0 Å². The van der Waals surface area contributed by atoms with Gasteiger partial charge < -0.3 is 30.6 Å². The highest BCUT2D eigenvalue weighted by Gasteiger charge is 2.26. The lowest BCUT2D eigenvalue weighted by molar-refractivity contribution is 0.0787. The maximum Gasteiger partial charge on any atom is 0.254 e. The average Bonchev–Trinajstić information content (AvgIpc) is 3.22. The van der Waals surface area contributed by atoms with Gasteiger partial charge in [0.1, 0.15) is 11.5 Å². The van der Waals surface area contributed by atoms with Crippen molar-refractivity contribution in [3.05, 3.63) is 47.5 Å². The van der Waals surface area contributed by atoms with Gasteiger partial charge in [0.15, 0.2) is 11.5 Å². The Morgan fingerprint density at radius 1 is 1.03 bits per heavy atom. The maximum absolute atomic E-state index is 12.9. The minimum Gasteiger partial charge on any atom is -0.496 e. The lowest BCUT2D eigenvalue weighted by atomic mass is 10.1. The zero-order valence-electron chi connectivity index (χ0n) is 17.1. The number of amides is 1. The largest absolute Gasteiger partial charge is 0.496 e. The summed E-state index contributed by atoms with van der Waals surface area (Å²) in [4.78, 5) is 14.7. The van der Waals surface area contributed by atoms with E-state index in [1.54, 1.807) is 32.4 Å². The summed E-state index contributed by atoms with van der Waals surface area (Å²) in [6, 6.07) is 10.7. The highest BCUT2D eigenvalue weighted by molar-refractivity contribution is 5.95. The van der Waals surface area contributed by atoms with Crippen LogP contribution in [0.2, 0.25) is 0 Å². The lowest BCUT2D eigenvalue weighted by Crippen LogP contribution is -2.29. The number of benzene rings is 2. The van der Waals surface area contributed by atoms with Crippen LogP contribution >= 0.6 is 24.8 Å². The van der Waals surface area contributed by atoms with E-state index in [-0.39, 0.29) is 37.3 Å². The van der Waals surface area contributed by atoms with Crippen molar-refractivity contribution in [3.8, 4) is 23.0 Å². The van der Waals surface area contributed by atoms with Crippen molar-refractivity contribution in [1.29, 1.82) is 0 Å². The SMILES string of the molecule is COc1ccc(C(=O)N2CCC(CN)C2)cc1Oc1cccc(OC)c1CN.Cl.Cl. The topological polar surface area (TPSA) is 100 Å². The molecular formula is C21H29Cl2N3O4. The third kappa shape index (κ3) is 5.49. The summed E-state index contributed by atoms with van der Waals surface area (Å²) in [5.74, 6) is 2.52. The molecule has 1 atom stereocenters. The van der Waals surface area contributed by atoms with Crippen LogP contribution in [0.15, 0.2) is 36.4 Å². The highest BCUT2D eigenvalue weighted by Crippen LogP contribution is 2.37. The fraction of sp³-hybridized carbons (Fsp3) is 0.381. The van der Waals surface area contributed by atoms with Crippen LogP contribution in [-0.2, 0) is 6.54 Å². The van der Waals surface area contributed by atoms with Crippen molar-refractivity contribution < 1.29 is 19.0 Å². The number of carbonyl (C=O) groups is 1. The second kappa shape index (κ2) is 11.9. The fourth-order valence-corrected chi connectivity index (χ4v) is 3.43. The lowest BCUT2D eigenvalue weighted by Gasteiger charge is -2.19. The number of methoxy groups -OCH3 is 2. The predicted molar refractivity (Wildman–Crippen MR) is 122 cm³/mol. The second-order valence-electron chi connectivity index (χ2n) is 6.75. The molecule has 0 aliphatic carbocycles. The normalized spacial score (nSPS) is 15.1. The Kier molecular flexibility index (Phi) is 10.2. The molecule has 1 aliphatic heterocycles. The summed E-state index contributed by atoms with van der Waals surface area (Å²) in [7, 11) is 3.15. The number of nitrogens with two attached hydrogens (primary N) is 2. The number of ether oxygens (including phenoxy) is 3. The molecule has 3 rings (SSSR count). The van der Waals surface area contributed by atoms with Crippen LogP contribution in [0.4, 0.5) is 0 Å². The van der Waals surface area contributed by atoms with Gasteiger partial charge in [0, 0.05) is 25.2 Å². The zero-order chi connectivity index (χ0) is 20.1. The number of hydrogen-bond acceptors (Lipinski definition) is 6. The van der Waals surface area contributed by atoms with Crippen molar-refractivity contribution in [1.82, 2.24) is 4.90 Å². The Balaban J connectivity index is 0.00000225. The van der Waals surface area contributed by atoms with Gasteiger partial charge in [0.2, 0.25) is 0 Å². The zero-order valence-corrected chi connectivity index (χ0v) is 18.8. The molecule has 0 saturated carbocycles. The van der Waals surface area contributed by atoms with Crippen molar-refractivity contribution in [2.75, 3.05) is 33.9 Å². The third-order valence-corrected chi connectivity index (χ3v) is 5.05. The molecule has 1 unspecified atom stereocenters. The molecule has 9 heteroatoms. The number of carbonyl (C=O) groups excluding carboxylic acids is 1. The molecule has 1 aliphatic rings. The number of likely N-dealkylation sites (tertiary alicyclic amines) is 1. The number of rotatable bonds is 7. The van der Waals surface area contributed by atoms with Crippen LogP contribution in [0.1, 0.15) is 22.3 Å². The molecule has 1 amide bonds. The monoisotopic (exact) mass is 457 g/mol. The van der Waals surface area contributed by atoms with Crippen LogP contribution in [-0.4, -0.2) is 44.7 Å². The minimum absolute atomic E-state index is 0. The number of nitrogens with zero attached hydrogens (tertiary/aromatic N) is 1. The van der Waals surface area contributed by atoms with E-state index in [4.69, 9.17) is 25.7 Å². The number of halogens is 2. The van der Waals surface area contributed by atoms with Crippen molar-refractivity contribution >= 4 is 30.7 Å². The molecule has 166 valence electrons. The van der Waals surface area contributed by atoms with Crippen LogP contribution < -0.4 is 25.7 Å². The quantitative estimate of drug-likeness (QED) is 0.661. The van der Waals surface area contributed by atoms with Gasteiger partial charge in [-0.1, -0.05) is 6.07 Å². The number of hydrogen-bond donors (Lipinski definition) is 2. The highest BCUT2D eigenvalue weighted by atomic mass is 35.5. The standard InChI is InChI=1S/C21H27N3O4.2ClH/c1-26-17-4-3-5-18(16(17)12-23)28-20-10-15(6-7-19(20)27-2)21(25)24-9-8-14(11-22)13-24;;/h3-7,10,14H,8-9,11-13,22-23H2,1-2H3;2*1H. The van der Waals surface area contributed by atoms with Gasteiger partial charge in [0.25, 0.3) is 5.91 Å². The average molecular weight is 458 g/mol. The van der Waals surface area contributed by atoms with Crippen LogP contribution in [0.3, 0.4) is 0 Å². The van der Waals surface area contributed by atoms with Crippen LogP contribution in [0.25, 0.3) is 0 Å². The molecule has 0 aromatic heterocycles. The van der Waals surface area contributed by atoms with E-state index in [1.165, 1.54) is 0 Å². The van der Waals surface area contributed by atoms with E-state index >= 15 is 0 Å². The first-order chi connectivity index (χ1) is 13.6. The predicted octanol–water partition coefficient (Wildman–Crippen LogP) is 3.22. The van der Waals surface area contributed by atoms with Crippen LogP contribution in [0.5, 0.6) is 23.0 Å². The van der Waals surface area contributed by atoms with E-state index in [9.17, 15) is 4.79 Å². The van der Waals surface area contributed by atoms with Gasteiger partial charge >= 0.3 is 0 Å². The molecule has 1 heterocycles. The van der Waals surface area contributed by atoms with Crippen molar-refractivity contribution in [2.45, 2.75) is 13.0 Å². The Hall–Kier alpha value is -2.19. The van der Waals surface area contributed by atoms with Gasteiger partial charge in [0.05, 0.1) is 19.8 Å². The van der Waals surface area contributed by atoms with Crippen molar-refractivity contribution in [2.24, 2.45) is 17.4 Å². The molecule has 4 N–H and O–H groups in total. The van der Waals surface area contributed by atoms with E-state index in [1.807, 2.05) is 23.1 Å². The first-order valence-electron chi connectivity index (χ1n) is 9.32. The van der Waals surface area contributed by atoms with Gasteiger partial charge in [-0.15, -0.1) is 24.8 Å². The van der Waals surface area contributed by atoms with Gasteiger partial charge in [-0.3, -0.25) is 4.79 Å². The summed E-state index contributed by atoms with van der Waals surface area (Å²) in [5.41, 5.74) is 12.9. The Bertz CT molecular complexity index is 851. The molecular weight excluding hydrogens is 429 g/mol. The maximum atomic E-state index is 12.9. The summed E-state index contributed by atoms with van der Waals surface area (Å²) in [6.45, 7) is 2.26. The van der Waals surface area contributed by atoms with Gasteiger partial charge in [-0.25, -0.2) is 0 Å². The first-order valence-corrected chi connectivity index (χ1v) is 9.32.